The van der Waals surface area contributed by atoms with Crippen LogP contribution in [0.4, 0.5) is 5.13 Å². The van der Waals surface area contributed by atoms with Crippen molar-refractivity contribution in [1.82, 2.24) is 9.71 Å². The van der Waals surface area contributed by atoms with Crippen LogP contribution in [0.15, 0.2) is 39.0 Å². The monoisotopic (exact) mass is 347 g/mol. The lowest BCUT2D eigenvalue weighted by Gasteiger charge is -2.05. The number of hydrogen-bond donors (Lipinski definition) is 2. The maximum Gasteiger partial charge on any atom is 0.240 e. The summed E-state index contributed by atoms with van der Waals surface area (Å²) in [5.74, 6) is 0. The second kappa shape index (κ2) is 5.35. The Kier molecular flexibility index (Phi) is 4.00. The molecule has 0 aliphatic heterocycles. The van der Waals surface area contributed by atoms with Crippen molar-refractivity contribution in [1.29, 1.82) is 0 Å². The molecule has 0 unspecified atom stereocenters. The standard InChI is InChI=1S/C10H10BrN3O2S2/c11-7-1-3-9(4-2-7)18(15,16)13-5-8-6-17-10(12)14-8/h1-4,6,13H,5H2,(H2,12,14). The van der Waals surface area contributed by atoms with Crippen LogP contribution >= 0.6 is 27.3 Å². The number of rotatable bonds is 4. The minimum Gasteiger partial charge on any atom is -0.375 e. The number of nitrogen functional groups attached to an aromatic ring is 1. The molecular weight excluding hydrogens is 338 g/mol. The van der Waals surface area contributed by atoms with Crippen LogP contribution in [0.25, 0.3) is 0 Å². The van der Waals surface area contributed by atoms with Crippen LogP contribution in [0.5, 0.6) is 0 Å². The van der Waals surface area contributed by atoms with Gasteiger partial charge in [0.05, 0.1) is 17.1 Å². The summed E-state index contributed by atoms with van der Waals surface area (Å²) in [6, 6.07) is 6.41. The van der Waals surface area contributed by atoms with Crippen LogP contribution in [0.1, 0.15) is 5.69 Å². The summed E-state index contributed by atoms with van der Waals surface area (Å²) in [5, 5.41) is 2.15. The van der Waals surface area contributed by atoms with Gasteiger partial charge in [0.1, 0.15) is 0 Å². The zero-order valence-electron chi connectivity index (χ0n) is 9.13. The van der Waals surface area contributed by atoms with Gasteiger partial charge in [-0.05, 0) is 24.3 Å². The first-order chi connectivity index (χ1) is 8.47. The molecule has 0 amide bonds. The minimum absolute atomic E-state index is 0.131. The minimum atomic E-state index is -3.51. The molecule has 0 aliphatic rings. The molecule has 0 radical (unpaired) electrons. The Hall–Kier alpha value is -0.960. The predicted octanol–water partition coefficient (Wildman–Crippen LogP) is 1.97. The Morgan fingerprint density at radius 3 is 2.56 bits per heavy atom. The van der Waals surface area contributed by atoms with E-state index in [2.05, 4.69) is 25.6 Å². The molecule has 2 aromatic rings. The fourth-order valence-electron chi connectivity index (χ4n) is 1.27. The summed E-state index contributed by atoms with van der Waals surface area (Å²) in [6.45, 7) is 0.131. The Bertz CT molecular complexity index is 637. The predicted molar refractivity (Wildman–Crippen MR) is 74.7 cm³/mol. The normalized spacial score (nSPS) is 11.6. The molecule has 0 atom stereocenters. The largest absolute Gasteiger partial charge is 0.375 e. The third-order valence-corrected chi connectivity index (χ3v) is 4.81. The molecule has 0 aliphatic carbocycles. The summed E-state index contributed by atoms with van der Waals surface area (Å²) >= 11 is 4.53. The van der Waals surface area contributed by atoms with E-state index in [4.69, 9.17) is 5.73 Å². The number of nitrogens with zero attached hydrogens (tertiary/aromatic N) is 1. The van der Waals surface area contributed by atoms with Gasteiger partial charge in [-0.15, -0.1) is 11.3 Å². The molecule has 18 heavy (non-hydrogen) atoms. The van der Waals surface area contributed by atoms with Crippen molar-refractivity contribution in [2.45, 2.75) is 11.4 Å². The Morgan fingerprint density at radius 1 is 1.33 bits per heavy atom. The summed E-state index contributed by atoms with van der Waals surface area (Å²) < 4.78 is 27.2. The van der Waals surface area contributed by atoms with Gasteiger partial charge >= 0.3 is 0 Å². The fraction of sp³-hybridized carbons (Fsp3) is 0.100. The van der Waals surface area contributed by atoms with E-state index in [1.165, 1.54) is 23.5 Å². The zero-order chi connectivity index (χ0) is 13.2. The van der Waals surface area contributed by atoms with E-state index in [0.717, 1.165) is 4.47 Å². The number of halogens is 1. The van der Waals surface area contributed by atoms with E-state index < -0.39 is 10.0 Å². The van der Waals surface area contributed by atoms with Crippen molar-refractivity contribution < 1.29 is 8.42 Å². The average Bonchev–Trinajstić information content (AvgIpc) is 2.73. The summed E-state index contributed by atoms with van der Waals surface area (Å²) in [4.78, 5) is 4.20. The summed E-state index contributed by atoms with van der Waals surface area (Å²) in [7, 11) is -3.51. The SMILES string of the molecule is Nc1nc(CNS(=O)(=O)c2ccc(Br)cc2)cs1. The second-order valence-corrected chi connectivity index (χ2v) is 7.03. The first kappa shape index (κ1) is 13.5. The van der Waals surface area contributed by atoms with E-state index in [1.54, 1.807) is 17.5 Å². The van der Waals surface area contributed by atoms with Crippen LogP contribution in [0.3, 0.4) is 0 Å². The average molecular weight is 348 g/mol. The van der Waals surface area contributed by atoms with Crippen LogP contribution in [0.2, 0.25) is 0 Å². The molecule has 1 aromatic carbocycles. The van der Waals surface area contributed by atoms with Crippen molar-refractivity contribution in [3.05, 3.63) is 39.8 Å². The van der Waals surface area contributed by atoms with Crippen LogP contribution in [-0.2, 0) is 16.6 Å². The lowest BCUT2D eigenvalue weighted by atomic mass is 10.4. The van der Waals surface area contributed by atoms with E-state index in [-0.39, 0.29) is 11.4 Å². The van der Waals surface area contributed by atoms with Crippen molar-refractivity contribution >= 4 is 42.4 Å². The molecule has 2 rings (SSSR count). The molecule has 1 heterocycles. The number of hydrogen-bond acceptors (Lipinski definition) is 5. The number of thiazole rings is 1. The maximum absolute atomic E-state index is 11.9. The molecule has 0 saturated heterocycles. The van der Waals surface area contributed by atoms with Crippen LogP contribution in [-0.4, -0.2) is 13.4 Å². The molecular formula is C10H10BrN3O2S2. The molecule has 1 aromatic heterocycles. The highest BCUT2D eigenvalue weighted by atomic mass is 79.9. The first-order valence-electron chi connectivity index (χ1n) is 4.92. The Balaban J connectivity index is 2.10. The fourth-order valence-corrected chi connectivity index (χ4v) is 3.10. The number of nitrogens with one attached hydrogen (secondary N) is 1. The van der Waals surface area contributed by atoms with Crippen molar-refractivity contribution in [2.75, 3.05) is 5.73 Å². The lowest BCUT2D eigenvalue weighted by molar-refractivity contribution is 0.580. The smallest absolute Gasteiger partial charge is 0.240 e. The van der Waals surface area contributed by atoms with Gasteiger partial charge in [-0.1, -0.05) is 15.9 Å². The number of aromatic nitrogens is 1. The quantitative estimate of drug-likeness (QED) is 0.885. The van der Waals surface area contributed by atoms with Crippen LogP contribution in [0, 0.1) is 0 Å². The highest BCUT2D eigenvalue weighted by Crippen LogP contribution is 2.15. The molecule has 0 bridgehead atoms. The third-order valence-electron chi connectivity index (χ3n) is 2.14. The van der Waals surface area contributed by atoms with Gasteiger partial charge in [-0.3, -0.25) is 0 Å². The molecule has 0 saturated carbocycles. The molecule has 8 heteroatoms. The van der Waals surface area contributed by atoms with Gasteiger partial charge in [-0.2, -0.15) is 0 Å². The highest BCUT2D eigenvalue weighted by Gasteiger charge is 2.13. The summed E-state index contributed by atoms with van der Waals surface area (Å²) in [5.41, 5.74) is 6.08. The van der Waals surface area contributed by atoms with Crippen molar-refractivity contribution in [2.24, 2.45) is 0 Å². The van der Waals surface area contributed by atoms with Gasteiger partial charge in [0.15, 0.2) is 5.13 Å². The molecule has 0 spiro atoms. The van der Waals surface area contributed by atoms with Gasteiger partial charge in [0, 0.05) is 9.85 Å². The second-order valence-electron chi connectivity index (χ2n) is 3.46. The zero-order valence-corrected chi connectivity index (χ0v) is 12.3. The number of nitrogens with two attached hydrogens (primary N) is 1. The maximum atomic E-state index is 11.9. The van der Waals surface area contributed by atoms with Crippen LogP contribution < -0.4 is 10.5 Å². The topological polar surface area (TPSA) is 85.1 Å². The number of anilines is 1. The van der Waals surface area contributed by atoms with E-state index in [9.17, 15) is 8.42 Å². The van der Waals surface area contributed by atoms with E-state index in [0.29, 0.717) is 10.8 Å². The summed E-state index contributed by atoms with van der Waals surface area (Å²) in [6.07, 6.45) is 0. The van der Waals surface area contributed by atoms with Gasteiger partial charge in [0.25, 0.3) is 0 Å². The number of sulfonamides is 1. The molecule has 0 fully saturated rings. The number of benzene rings is 1. The van der Waals surface area contributed by atoms with E-state index in [1.807, 2.05) is 0 Å². The van der Waals surface area contributed by atoms with Gasteiger partial charge in [-0.25, -0.2) is 18.1 Å². The molecule has 96 valence electrons. The van der Waals surface area contributed by atoms with Crippen molar-refractivity contribution in [3.63, 3.8) is 0 Å². The van der Waals surface area contributed by atoms with E-state index >= 15 is 0 Å². The third kappa shape index (κ3) is 3.29. The molecule has 3 N–H and O–H groups in total. The van der Waals surface area contributed by atoms with Crippen molar-refractivity contribution in [3.8, 4) is 0 Å². The Labute approximate surface area is 117 Å². The first-order valence-corrected chi connectivity index (χ1v) is 8.08. The van der Waals surface area contributed by atoms with Gasteiger partial charge < -0.3 is 5.73 Å². The highest BCUT2D eigenvalue weighted by molar-refractivity contribution is 9.10. The van der Waals surface area contributed by atoms with Gasteiger partial charge in [0.2, 0.25) is 10.0 Å². The lowest BCUT2D eigenvalue weighted by Crippen LogP contribution is -2.23. The molecule has 5 nitrogen and oxygen atoms in total. The Morgan fingerprint density at radius 2 is 2.00 bits per heavy atom.